The van der Waals surface area contributed by atoms with Gasteiger partial charge >= 0.3 is 0 Å². The monoisotopic (exact) mass is 408 g/mol. The molecule has 0 unspecified atom stereocenters. The number of aliphatic imine (C=N–C) groups is 1. The highest BCUT2D eigenvalue weighted by Crippen LogP contribution is 2.40. The molecule has 1 aliphatic heterocycles. The molecule has 1 N–H and O–H groups in total. The van der Waals surface area contributed by atoms with Crippen LogP contribution < -0.4 is 5.32 Å². The fraction of sp³-hybridized carbons (Fsp3) is 0.200. The molecule has 0 radical (unpaired) electrons. The number of guanidine groups is 1. The zero-order chi connectivity index (χ0) is 19.5. The number of hydrogen-bond donors (Lipinski definition) is 1. The van der Waals surface area contributed by atoms with Crippen LogP contribution in [-0.4, -0.2) is 26.2 Å². The van der Waals surface area contributed by atoms with Crippen molar-refractivity contribution in [1.29, 1.82) is 0 Å². The van der Waals surface area contributed by atoms with Crippen molar-refractivity contribution in [3.8, 4) is 0 Å². The van der Waals surface area contributed by atoms with Crippen molar-refractivity contribution in [3.05, 3.63) is 70.7 Å². The predicted octanol–water partition coefficient (Wildman–Crippen LogP) is 5.34. The summed E-state index contributed by atoms with van der Waals surface area (Å²) >= 11 is 3.16. The maximum absolute atomic E-state index is 4.74. The number of aromatic nitrogens is 2. The van der Waals surface area contributed by atoms with Gasteiger partial charge in [-0.3, -0.25) is 0 Å². The van der Waals surface area contributed by atoms with E-state index < -0.39 is 0 Å². The zero-order valence-electron chi connectivity index (χ0n) is 15.8. The third kappa shape index (κ3) is 4.23. The summed E-state index contributed by atoms with van der Waals surface area (Å²) in [7, 11) is 0. The van der Waals surface area contributed by atoms with E-state index in [4.69, 9.17) is 10.1 Å². The van der Waals surface area contributed by atoms with Crippen molar-refractivity contribution < 1.29 is 0 Å². The van der Waals surface area contributed by atoms with Crippen LogP contribution in [0.1, 0.15) is 28.4 Å². The van der Waals surface area contributed by atoms with Gasteiger partial charge in [0.05, 0.1) is 5.04 Å². The van der Waals surface area contributed by atoms with E-state index in [0.29, 0.717) is 11.1 Å². The lowest BCUT2D eigenvalue weighted by molar-refractivity contribution is 0.438. The van der Waals surface area contributed by atoms with Crippen LogP contribution in [0, 0.1) is 13.8 Å². The van der Waals surface area contributed by atoms with E-state index >= 15 is 0 Å². The van der Waals surface area contributed by atoms with Gasteiger partial charge in [-0.2, -0.15) is 10.1 Å². The second-order valence-electron chi connectivity index (χ2n) is 6.37. The van der Waals surface area contributed by atoms with Gasteiger partial charge in [-0.1, -0.05) is 71.1 Å². The molecule has 142 valence electrons. The SMILES string of the molecule is CC1=NN(/C(=N\c2nnc(C)s2)Nc2ccccc2)[C@H](c2ccc(C)cc2)S1. The van der Waals surface area contributed by atoms with Gasteiger partial charge in [-0.05, 0) is 38.5 Å². The maximum Gasteiger partial charge on any atom is 0.234 e. The van der Waals surface area contributed by atoms with Crippen LogP contribution >= 0.6 is 23.1 Å². The summed E-state index contributed by atoms with van der Waals surface area (Å²) in [6.45, 7) is 6.03. The van der Waals surface area contributed by atoms with Crippen molar-refractivity contribution in [2.24, 2.45) is 10.1 Å². The molecule has 6 nitrogen and oxygen atoms in total. The van der Waals surface area contributed by atoms with E-state index in [2.05, 4.69) is 46.7 Å². The minimum absolute atomic E-state index is 0.00424. The number of hydrogen-bond acceptors (Lipinski definition) is 6. The van der Waals surface area contributed by atoms with E-state index in [9.17, 15) is 0 Å². The Hall–Kier alpha value is -2.71. The molecule has 2 aromatic carbocycles. The summed E-state index contributed by atoms with van der Waals surface area (Å²) < 4.78 is 0. The predicted molar refractivity (Wildman–Crippen MR) is 118 cm³/mol. The molecular weight excluding hydrogens is 388 g/mol. The number of nitrogens with one attached hydrogen (secondary N) is 1. The first kappa shape index (κ1) is 18.6. The molecule has 1 atom stereocenters. The topological polar surface area (TPSA) is 65.8 Å². The van der Waals surface area contributed by atoms with Crippen LogP contribution in [0.25, 0.3) is 0 Å². The summed E-state index contributed by atoms with van der Waals surface area (Å²) in [4.78, 5) is 4.74. The highest BCUT2D eigenvalue weighted by molar-refractivity contribution is 8.14. The van der Waals surface area contributed by atoms with E-state index in [0.717, 1.165) is 15.7 Å². The first-order chi connectivity index (χ1) is 13.6. The largest absolute Gasteiger partial charge is 0.324 e. The smallest absolute Gasteiger partial charge is 0.234 e. The van der Waals surface area contributed by atoms with Crippen molar-refractivity contribution in [2.75, 3.05) is 5.32 Å². The van der Waals surface area contributed by atoms with E-state index in [1.54, 1.807) is 11.8 Å². The minimum atomic E-state index is 0.00424. The highest BCUT2D eigenvalue weighted by Gasteiger charge is 2.31. The number of benzene rings is 2. The summed E-state index contributed by atoms with van der Waals surface area (Å²) in [5, 5.41) is 20.8. The fourth-order valence-electron chi connectivity index (χ4n) is 2.75. The van der Waals surface area contributed by atoms with E-state index in [1.165, 1.54) is 22.5 Å². The molecule has 0 fully saturated rings. The Morgan fingerprint density at radius 3 is 2.43 bits per heavy atom. The molecule has 3 aromatic rings. The lowest BCUT2D eigenvalue weighted by atomic mass is 10.1. The number of aryl methyl sites for hydroxylation is 2. The Morgan fingerprint density at radius 2 is 1.75 bits per heavy atom. The van der Waals surface area contributed by atoms with Crippen LogP contribution in [0.5, 0.6) is 0 Å². The third-order valence-corrected chi connectivity index (χ3v) is 5.93. The fourth-order valence-corrected chi connectivity index (χ4v) is 4.30. The highest BCUT2D eigenvalue weighted by atomic mass is 32.2. The maximum atomic E-state index is 4.74. The van der Waals surface area contributed by atoms with Gasteiger partial charge in [0.25, 0.3) is 0 Å². The standard InChI is InChI=1S/C20H20N6S2/c1-13-9-11-16(12-10-13)18-26(25-15(3)27-18)19(21-17-7-5-4-6-8-17)22-20-24-23-14(2)28-20/h4-12,18H,1-3H3,(H,21,22,24)/t18-/m0/s1. The molecule has 0 spiro atoms. The van der Waals surface area contributed by atoms with E-state index in [1.807, 2.05) is 49.2 Å². The number of hydrazone groups is 1. The Kier molecular flexibility index (Phi) is 5.40. The van der Waals surface area contributed by atoms with Crippen molar-refractivity contribution >= 4 is 44.9 Å². The third-order valence-electron chi connectivity index (χ3n) is 4.08. The van der Waals surface area contributed by atoms with Crippen LogP contribution in [0.4, 0.5) is 10.8 Å². The number of anilines is 1. The van der Waals surface area contributed by atoms with Crippen LogP contribution in [-0.2, 0) is 0 Å². The first-order valence-corrected chi connectivity index (χ1v) is 10.6. The molecule has 1 aliphatic rings. The first-order valence-electron chi connectivity index (χ1n) is 8.87. The average molecular weight is 409 g/mol. The van der Waals surface area contributed by atoms with Crippen LogP contribution in [0.2, 0.25) is 0 Å². The Morgan fingerprint density at radius 1 is 1.00 bits per heavy atom. The summed E-state index contributed by atoms with van der Waals surface area (Å²) in [5.41, 5.74) is 3.35. The molecule has 8 heteroatoms. The van der Waals surface area contributed by atoms with Crippen molar-refractivity contribution in [2.45, 2.75) is 26.1 Å². The van der Waals surface area contributed by atoms with Gasteiger partial charge in [0.1, 0.15) is 10.4 Å². The van der Waals surface area contributed by atoms with Gasteiger partial charge in [-0.15, -0.1) is 10.2 Å². The molecule has 1 aromatic heterocycles. The van der Waals surface area contributed by atoms with Crippen molar-refractivity contribution in [3.63, 3.8) is 0 Å². The van der Waals surface area contributed by atoms with Gasteiger partial charge in [0, 0.05) is 5.69 Å². The zero-order valence-corrected chi connectivity index (χ0v) is 17.5. The second kappa shape index (κ2) is 8.12. The molecule has 4 rings (SSSR count). The average Bonchev–Trinajstić information content (AvgIpc) is 3.28. The molecule has 0 saturated heterocycles. The van der Waals surface area contributed by atoms with Crippen LogP contribution in [0.15, 0.2) is 64.7 Å². The second-order valence-corrected chi connectivity index (χ2v) is 8.81. The Labute approximate surface area is 172 Å². The lowest BCUT2D eigenvalue weighted by Crippen LogP contribution is -2.32. The van der Waals surface area contributed by atoms with Gasteiger partial charge in [0.15, 0.2) is 0 Å². The molecule has 0 aliphatic carbocycles. The number of nitrogens with zero attached hydrogens (tertiary/aromatic N) is 5. The molecule has 0 bridgehead atoms. The minimum Gasteiger partial charge on any atom is -0.324 e. The van der Waals surface area contributed by atoms with Crippen molar-refractivity contribution in [1.82, 2.24) is 15.2 Å². The number of thioether (sulfide) groups is 1. The molecule has 0 saturated carbocycles. The summed E-state index contributed by atoms with van der Waals surface area (Å²) in [6.07, 6.45) is 0. The van der Waals surface area contributed by atoms with Gasteiger partial charge < -0.3 is 5.32 Å². The molecule has 28 heavy (non-hydrogen) atoms. The molecule has 2 heterocycles. The Balaban J connectivity index is 1.72. The van der Waals surface area contributed by atoms with Gasteiger partial charge in [-0.25, -0.2) is 5.01 Å². The Bertz CT molecular complexity index is 1010. The number of rotatable bonds is 3. The molecular formula is C20H20N6S2. The number of para-hydroxylation sites is 1. The normalized spacial score (nSPS) is 17.0. The van der Waals surface area contributed by atoms with Crippen LogP contribution in [0.3, 0.4) is 0 Å². The van der Waals surface area contributed by atoms with Gasteiger partial charge in [0.2, 0.25) is 11.1 Å². The summed E-state index contributed by atoms with van der Waals surface area (Å²) in [5.74, 6) is 0.622. The lowest BCUT2D eigenvalue weighted by Gasteiger charge is -2.24. The quantitative estimate of drug-likeness (QED) is 0.468. The van der Waals surface area contributed by atoms with E-state index in [-0.39, 0.29) is 5.37 Å². The summed E-state index contributed by atoms with van der Waals surface area (Å²) in [6, 6.07) is 18.5. The molecule has 0 amide bonds.